The van der Waals surface area contributed by atoms with Gasteiger partial charge in [-0.15, -0.1) is 0 Å². The number of hydrogen-bond acceptors (Lipinski definition) is 8. The Labute approximate surface area is 273 Å². The Hall–Kier alpha value is -5.84. The predicted octanol–water partition coefficient (Wildman–Crippen LogP) is 4.72. The molecule has 242 valence electrons. The van der Waals surface area contributed by atoms with Crippen molar-refractivity contribution in [1.29, 1.82) is 0 Å². The van der Waals surface area contributed by atoms with Crippen LogP contribution >= 0.6 is 0 Å². The van der Waals surface area contributed by atoms with E-state index in [0.717, 1.165) is 16.2 Å². The van der Waals surface area contributed by atoms with Crippen molar-refractivity contribution in [2.24, 2.45) is 0 Å². The molecule has 0 saturated carbocycles. The number of hydrogen-bond donors (Lipinski definition) is 1. The Kier molecular flexibility index (Phi) is 9.74. The van der Waals surface area contributed by atoms with E-state index < -0.39 is 36.1 Å². The molecule has 47 heavy (non-hydrogen) atoms. The molecule has 4 aromatic carbocycles. The molecule has 3 amide bonds. The Morgan fingerprint density at radius 2 is 1.43 bits per heavy atom. The molecule has 11 heteroatoms. The highest BCUT2D eigenvalue weighted by Crippen LogP contribution is 2.41. The Morgan fingerprint density at radius 1 is 0.809 bits per heavy atom. The number of carbonyl (C=O) groups is 4. The van der Waals surface area contributed by atoms with Gasteiger partial charge in [-0.1, -0.05) is 42.5 Å². The predicted molar refractivity (Wildman–Crippen MR) is 178 cm³/mol. The second kappa shape index (κ2) is 14.1. The van der Waals surface area contributed by atoms with Gasteiger partial charge in [0.05, 0.1) is 32.6 Å². The number of para-hydroxylation sites is 1. The summed E-state index contributed by atoms with van der Waals surface area (Å²) in [5.74, 6) is -1.70. The van der Waals surface area contributed by atoms with E-state index in [0.29, 0.717) is 22.7 Å². The van der Waals surface area contributed by atoms with Gasteiger partial charge in [0, 0.05) is 32.0 Å². The van der Waals surface area contributed by atoms with E-state index in [4.69, 9.17) is 14.2 Å². The second-order valence-electron chi connectivity index (χ2n) is 11.0. The van der Waals surface area contributed by atoms with Crippen molar-refractivity contribution in [3.8, 4) is 17.2 Å². The summed E-state index contributed by atoms with van der Waals surface area (Å²) in [7, 11) is 8.22. The second-order valence-corrected chi connectivity index (χ2v) is 11.0. The molecule has 11 nitrogen and oxygen atoms in total. The lowest BCUT2D eigenvalue weighted by molar-refractivity contribution is -0.139. The molecule has 4 aromatic rings. The van der Waals surface area contributed by atoms with Crippen LogP contribution in [0.4, 0.5) is 17.1 Å². The zero-order valence-electron chi connectivity index (χ0n) is 26.9. The van der Waals surface area contributed by atoms with Crippen molar-refractivity contribution in [3.63, 3.8) is 0 Å². The molecule has 0 saturated heterocycles. The van der Waals surface area contributed by atoms with Crippen LogP contribution in [0.1, 0.15) is 27.5 Å². The van der Waals surface area contributed by atoms with Crippen molar-refractivity contribution >= 4 is 40.6 Å². The van der Waals surface area contributed by atoms with Crippen LogP contribution in [0, 0.1) is 0 Å². The van der Waals surface area contributed by atoms with Gasteiger partial charge >= 0.3 is 0 Å². The summed E-state index contributed by atoms with van der Waals surface area (Å²) in [5.41, 5.74) is 3.13. The Bertz CT molecular complexity index is 1770. The number of rotatable bonds is 12. The summed E-state index contributed by atoms with van der Waals surface area (Å²) >= 11 is 0. The number of ketones is 1. The summed E-state index contributed by atoms with van der Waals surface area (Å²) in [6.45, 7) is -0.467. The number of methoxy groups -OCH3 is 3. The number of carbonyl (C=O) groups excluding carboxylic acids is 4. The molecule has 0 fully saturated rings. The lowest BCUT2D eigenvalue weighted by Crippen LogP contribution is -2.46. The van der Waals surface area contributed by atoms with Gasteiger partial charge in [0.1, 0.15) is 12.6 Å². The standard InChI is InChI=1S/C36H36N4O7/c1-38(2)26-17-15-25(16-18-26)37-35(43)32(24-19-29(45-3)34(47-5)30(20-24)46-4)40(21-23-11-7-6-8-12-23)31(41)22-39-28-14-10-9-13-27(28)33(42)36(39)44/h6-20,32H,21-22H2,1-5H3,(H,37,43). The number of fused-ring (bicyclic) bond motifs is 1. The van der Waals surface area contributed by atoms with Crippen LogP contribution in [0.2, 0.25) is 0 Å². The van der Waals surface area contributed by atoms with E-state index in [-0.39, 0.29) is 23.6 Å². The highest BCUT2D eigenvalue weighted by Gasteiger charge is 2.40. The molecule has 0 spiro atoms. The van der Waals surface area contributed by atoms with Crippen LogP contribution in [0.3, 0.4) is 0 Å². The normalized spacial score (nSPS) is 12.7. The fraction of sp³-hybridized carbons (Fsp3) is 0.222. The molecule has 1 aliphatic rings. The Balaban J connectivity index is 1.62. The number of nitrogens with zero attached hydrogens (tertiary/aromatic N) is 3. The maximum absolute atomic E-state index is 14.4. The topological polar surface area (TPSA) is 118 Å². The van der Waals surface area contributed by atoms with Gasteiger partial charge in [-0.3, -0.25) is 24.1 Å². The average Bonchev–Trinajstić information content (AvgIpc) is 3.32. The minimum atomic E-state index is -1.24. The molecular formula is C36H36N4O7. The van der Waals surface area contributed by atoms with Crippen molar-refractivity contribution in [1.82, 2.24) is 4.90 Å². The maximum atomic E-state index is 14.4. The summed E-state index contributed by atoms with van der Waals surface area (Å²) in [6, 6.07) is 25.0. The molecule has 0 radical (unpaired) electrons. The van der Waals surface area contributed by atoms with Crippen molar-refractivity contribution in [2.45, 2.75) is 12.6 Å². The van der Waals surface area contributed by atoms with E-state index in [2.05, 4.69) is 5.32 Å². The zero-order valence-corrected chi connectivity index (χ0v) is 26.9. The van der Waals surface area contributed by atoms with E-state index in [1.54, 1.807) is 48.5 Å². The lowest BCUT2D eigenvalue weighted by atomic mass is 10.0. The first kappa shape index (κ1) is 32.6. The quantitative estimate of drug-likeness (QED) is 0.222. The monoisotopic (exact) mass is 636 g/mol. The molecule has 1 unspecified atom stereocenters. The van der Waals surface area contributed by atoms with Gasteiger partial charge < -0.3 is 29.3 Å². The summed E-state index contributed by atoms with van der Waals surface area (Å²) in [6.07, 6.45) is 0. The van der Waals surface area contributed by atoms with Crippen molar-refractivity contribution in [3.05, 3.63) is 108 Å². The van der Waals surface area contributed by atoms with Gasteiger partial charge in [0.25, 0.3) is 17.6 Å². The van der Waals surface area contributed by atoms with Crippen LogP contribution in [0.5, 0.6) is 17.2 Å². The fourth-order valence-electron chi connectivity index (χ4n) is 5.52. The molecule has 5 rings (SSSR count). The van der Waals surface area contributed by atoms with E-state index in [1.807, 2.05) is 61.5 Å². The van der Waals surface area contributed by atoms with Crippen LogP contribution in [-0.4, -0.2) is 70.4 Å². The van der Waals surface area contributed by atoms with Gasteiger partial charge in [0.2, 0.25) is 11.7 Å². The number of Topliss-reactive ketones (excluding diaryl/α,β-unsaturated/α-hetero) is 1. The van der Waals surface area contributed by atoms with Gasteiger partial charge in [-0.2, -0.15) is 0 Å². The van der Waals surface area contributed by atoms with Crippen LogP contribution < -0.4 is 29.3 Å². The molecule has 0 bridgehead atoms. The van der Waals surface area contributed by atoms with E-state index in [1.165, 1.54) is 26.2 Å². The van der Waals surface area contributed by atoms with Crippen molar-refractivity contribution in [2.75, 3.05) is 57.1 Å². The number of anilines is 3. The molecule has 1 atom stereocenters. The highest BCUT2D eigenvalue weighted by molar-refractivity contribution is 6.52. The number of amides is 3. The number of ether oxygens (including phenoxy) is 3. The molecule has 1 aliphatic heterocycles. The first-order valence-electron chi connectivity index (χ1n) is 14.8. The fourth-order valence-corrected chi connectivity index (χ4v) is 5.52. The SMILES string of the molecule is COc1cc(C(C(=O)Nc2ccc(N(C)C)cc2)N(Cc2ccccc2)C(=O)CN2C(=O)C(=O)c3ccccc32)cc(OC)c1OC. The number of benzene rings is 4. The summed E-state index contributed by atoms with van der Waals surface area (Å²) in [5, 5.41) is 2.96. The maximum Gasteiger partial charge on any atom is 0.299 e. The van der Waals surface area contributed by atoms with Gasteiger partial charge in [-0.25, -0.2) is 0 Å². The molecular weight excluding hydrogens is 600 g/mol. The van der Waals surface area contributed by atoms with Crippen molar-refractivity contribution < 1.29 is 33.4 Å². The first-order chi connectivity index (χ1) is 22.7. The summed E-state index contributed by atoms with van der Waals surface area (Å²) in [4.78, 5) is 59.2. The average molecular weight is 637 g/mol. The molecule has 0 aromatic heterocycles. The first-order valence-corrected chi connectivity index (χ1v) is 14.8. The summed E-state index contributed by atoms with van der Waals surface area (Å²) < 4.78 is 16.7. The largest absolute Gasteiger partial charge is 0.493 e. The molecule has 1 heterocycles. The highest BCUT2D eigenvalue weighted by atomic mass is 16.5. The van der Waals surface area contributed by atoms with Gasteiger partial charge in [-0.05, 0) is 59.7 Å². The number of nitrogens with one attached hydrogen (secondary N) is 1. The van der Waals surface area contributed by atoms with E-state index in [9.17, 15) is 19.2 Å². The lowest BCUT2D eigenvalue weighted by Gasteiger charge is -2.33. The van der Waals surface area contributed by atoms with E-state index >= 15 is 0 Å². The Morgan fingerprint density at radius 3 is 2.02 bits per heavy atom. The zero-order chi connectivity index (χ0) is 33.7. The minimum Gasteiger partial charge on any atom is -0.493 e. The van der Waals surface area contributed by atoms with Crippen LogP contribution in [0.15, 0.2) is 91.0 Å². The van der Waals surface area contributed by atoms with Crippen LogP contribution in [-0.2, 0) is 20.9 Å². The third kappa shape index (κ3) is 6.74. The van der Waals surface area contributed by atoms with Gasteiger partial charge in [0.15, 0.2) is 11.5 Å². The minimum absolute atomic E-state index is 0.00557. The smallest absolute Gasteiger partial charge is 0.299 e. The third-order valence-electron chi connectivity index (χ3n) is 7.90. The molecule has 0 aliphatic carbocycles. The molecule has 1 N–H and O–H groups in total. The third-order valence-corrected chi connectivity index (χ3v) is 7.90. The van der Waals surface area contributed by atoms with Crippen LogP contribution in [0.25, 0.3) is 0 Å².